The summed E-state index contributed by atoms with van der Waals surface area (Å²) >= 11 is 3.40. The van der Waals surface area contributed by atoms with Gasteiger partial charge >= 0.3 is 0 Å². The van der Waals surface area contributed by atoms with E-state index in [2.05, 4.69) is 21.2 Å². The Morgan fingerprint density at radius 1 is 1.29 bits per heavy atom. The minimum atomic E-state index is -0.211. The molecule has 96 valence electrons. The molecule has 0 saturated heterocycles. The van der Waals surface area contributed by atoms with Crippen LogP contribution in [0.4, 0.5) is 4.39 Å². The van der Waals surface area contributed by atoms with Crippen molar-refractivity contribution in [2.45, 2.75) is 25.8 Å². The molecule has 1 N–H and O–H groups in total. The van der Waals surface area contributed by atoms with Crippen LogP contribution in [0.2, 0.25) is 0 Å². The molecule has 0 aliphatic carbocycles. The molecule has 0 bridgehead atoms. The second-order valence-corrected chi connectivity index (χ2v) is 4.68. The summed E-state index contributed by atoms with van der Waals surface area (Å²) in [6.45, 7) is 1.50. The summed E-state index contributed by atoms with van der Waals surface area (Å²) in [4.78, 5) is 0. The molecule has 0 fully saturated rings. The normalized spacial score (nSPS) is 10.5. The Morgan fingerprint density at radius 3 is 2.76 bits per heavy atom. The van der Waals surface area contributed by atoms with Gasteiger partial charge in [0.1, 0.15) is 11.6 Å². The van der Waals surface area contributed by atoms with Crippen molar-refractivity contribution in [1.29, 1.82) is 0 Å². The first-order chi connectivity index (χ1) is 8.27. The van der Waals surface area contributed by atoms with Gasteiger partial charge < -0.3 is 10.1 Å². The van der Waals surface area contributed by atoms with Gasteiger partial charge in [0.05, 0.1) is 7.11 Å². The largest absolute Gasteiger partial charge is 0.497 e. The number of alkyl halides is 1. The molecule has 17 heavy (non-hydrogen) atoms. The van der Waals surface area contributed by atoms with E-state index >= 15 is 0 Å². The number of halogens is 2. The molecule has 1 rings (SSSR count). The average Bonchev–Trinajstić information content (AvgIpc) is 2.35. The fourth-order valence-corrected chi connectivity index (χ4v) is 1.94. The third-order valence-corrected chi connectivity index (χ3v) is 3.12. The smallest absolute Gasteiger partial charge is 0.131 e. The lowest BCUT2D eigenvalue weighted by Crippen LogP contribution is -2.15. The summed E-state index contributed by atoms with van der Waals surface area (Å²) in [6.07, 6.45) is 3.52. The van der Waals surface area contributed by atoms with Gasteiger partial charge in [0.25, 0.3) is 0 Å². The summed E-state index contributed by atoms with van der Waals surface area (Å²) in [5.41, 5.74) is 0.686. The first kappa shape index (κ1) is 14.5. The molecule has 1 aromatic rings. The van der Waals surface area contributed by atoms with E-state index in [9.17, 15) is 4.39 Å². The van der Waals surface area contributed by atoms with Crippen molar-refractivity contribution in [3.05, 3.63) is 29.6 Å². The average molecular weight is 304 g/mol. The zero-order valence-electron chi connectivity index (χ0n) is 10.1. The predicted molar refractivity (Wildman–Crippen MR) is 72.3 cm³/mol. The first-order valence-electron chi connectivity index (χ1n) is 5.87. The van der Waals surface area contributed by atoms with Crippen LogP contribution in [0.1, 0.15) is 24.8 Å². The fourth-order valence-electron chi connectivity index (χ4n) is 1.54. The standard InChI is InChI=1S/C13H19BrFNO/c1-17-12-6-5-11(13(15)9-12)10-16-8-4-2-3-7-14/h5-6,9,16H,2-4,7-8,10H2,1H3. The van der Waals surface area contributed by atoms with E-state index in [0.29, 0.717) is 17.9 Å². The second-order valence-electron chi connectivity index (χ2n) is 3.88. The molecule has 0 radical (unpaired) electrons. The van der Waals surface area contributed by atoms with E-state index in [1.807, 2.05) is 0 Å². The molecule has 1 aromatic carbocycles. The number of unbranched alkanes of at least 4 members (excludes halogenated alkanes) is 2. The number of ether oxygens (including phenoxy) is 1. The highest BCUT2D eigenvalue weighted by molar-refractivity contribution is 9.09. The molecule has 4 heteroatoms. The molecular formula is C13H19BrFNO. The highest BCUT2D eigenvalue weighted by atomic mass is 79.9. The molecule has 0 spiro atoms. The fraction of sp³-hybridized carbons (Fsp3) is 0.538. The van der Waals surface area contributed by atoms with Crippen molar-refractivity contribution in [2.75, 3.05) is 19.0 Å². The number of hydrogen-bond donors (Lipinski definition) is 1. The van der Waals surface area contributed by atoms with E-state index in [1.54, 1.807) is 12.1 Å². The van der Waals surface area contributed by atoms with Gasteiger partial charge in [-0.05, 0) is 25.5 Å². The number of methoxy groups -OCH3 is 1. The zero-order valence-corrected chi connectivity index (χ0v) is 11.7. The van der Waals surface area contributed by atoms with Crippen molar-refractivity contribution in [1.82, 2.24) is 5.32 Å². The van der Waals surface area contributed by atoms with Gasteiger partial charge in [0.15, 0.2) is 0 Å². The zero-order chi connectivity index (χ0) is 12.5. The highest BCUT2D eigenvalue weighted by Gasteiger charge is 2.03. The first-order valence-corrected chi connectivity index (χ1v) is 6.99. The van der Waals surface area contributed by atoms with Crippen LogP contribution in [-0.4, -0.2) is 19.0 Å². The molecule has 0 aromatic heterocycles. The van der Waals surface area contributed by atoms with E-state index in [1.165, 1.54) is 26.0 Å². The third kappa shape index (κ3) is 5.50. The van der Waals surface area contributed by atoms with Crippen LogP contribution < -0.4 is 10.1 Å². The molecule has 0 aliphatic rings. The van der Waals surface area contributed by atoms with Gasteiger partial charge in [-0.2, -0.15) is 0 Å². The van der Waals surface area contributed by atoms with Crippen molar-refractivity contribution in [3.63, 3.8) is 0 Å². The summed E-state index contributed by atoms with van der Waals surface area (Å²) in [5.74, 6) is 0.348. The molecule has 0 heterocycles. The van der Waals surface area contributed by atoms with Crippen LogP contribution in [0.15, 0.2) is 18.2 Å². The van der Waals surface area contributed by atoms with Crippen molar-refractivity contribution in [2.24, 2.45) is 0 Å². The van der Waals surface area contributed by atoms with E-state index < -0.39 is 0 Å². The lowest BCUT2D eigenvalue weighted by atomic mass is 10.2. The maximum Gasteiger partial charge on any atom is 0.131 e. The van der Waals surface area contributed by atoms with E-state index in [0.717, 1.165) is 18.3 Å². The van der Waals surface area contributed by atoms with Gasteiger partial charge in [-0.15, -0.1) is 0 Å². The van der Waals surface area contributed by atoms with Crippen molar-refractivity contribution in [3.8, 4) is 5.75 Å². The summed E-state index contributed by atoms with van der Waals surface area (Å²) in [6, 6.07) is 4.96. The van der Waals surface area contributed by atoms with Crippen LogP contribution in [-0.2, 0) is 6.54 Å². The van der Waals surface area contributed by atoms with E-state index in [-0.39, 0.29) is 5.82 Å². The van der Waals surface area contributed by atoms with Gasteiger partial charge in [-0.3, -0.25) is 0 Å². The van der Waals surface area contributed by atoms with Gasteiger partial charge in [0, 0.05) is 23.5 Å². The minimum Gasteiger partial charge on any atom is -0.497 e. The molecule has 0 aliphatic heterocycles. The Labute approximate surface area is 111 Å². The lowest BCUT2D eigenvalue weighted by Gasteiger charge is -2.07. The molecule has 0 saturated carbocycles. The molecule has 0 atom stereocenters. The van der Waals surface area contributed by atoms with Crippen LogP contribution in [0.5, 0.6) is 5.75 Å². The maximum absolute atomic E-state index is 13.5. The molecule has 2 nitrogen and oxygen atoms in total. The highest BCUT2D eigenvalue weighted by Crippen LogP contribution is 2.15. The van der Waals surface area contributed by atoms with Gasteiger partial charge in [0.2, 0.25) is 0 Å². The Kier molecular flexibility index (Phi) is 7.21. The van der Waals surface area contributed by atoms with Gasteiger partial charge in [-0.1, -0.05) is 28.4 Å². The topological polar surface area (TPSA) is 21.3 Å². The Hall–Kier alpha value is -0.610. The third-order valence-electron chi connectivity index (χ3n) is 2.56. The number of benzene rings is 1. The predicted octanol–water partition coefficient (Wildman–Crippen LogP) is 3.49. The van der Waals surface area contributed by atoms with Crippen molar-refractivity contribution >= 4 is 15.9 Å². The minimum absolute atomic E-state index is 0.211. The van der Waals surface area contributed by atoms with Crippen LogP contribution >= 0.6 is 15.9 Å². The maximum atomic E-state index is 13.5. The quantitative estimate of drug-likeness (QED) is 0.586. The number of nitrogens with one attached hydrogen (secondary N) is 1. The van der Waals surface area contributed by atoms with Crippen molar-refractivity contribution < 1.29 is 9.13 Å². The van der Waals surface area contributed by atoms with Crippen LogP contribution in [0.3, 0.4) is 0 Å². The summed E-state index contributed by atoms with van der Waals surface area (Å²) in [7, 11) is 1.54. The molecular weight excluding hydrogens is 285 g/mol. The second kappa shape index (κ2) is 8.48. The van der Waals surface area contributed by atoms with Crippen LogP contribution in [0.25, 0.3) is 0 Å². The van der Waals surface area contributed by atoms with Gasteiger partial charge in [-0.25, -0.2) is 4.39 Å². The number of hydrogen-bond acceptors (Lipinski definition) is 2. The monoisotopic (exact) mass is 303 g/mol. The van der Waals surface area contributed by atoms with Crippen LogP contribution in [0, 0.1) is 5.82 Å². The van der Waals surface area contributed by atoms with E-state index in [4.69, 9.17) is 4.74 Å². The molecule has 0 amide bonds. The Bertz CT molecular complexity index is 333. The molecule has 0 unspecified atom stereocenters. The summed E-state index contributed by atoms with van der Waals surface area (Å²) < 4.78 is 18.5. The Morgan fingerprint density at radius 2 is 2.12 bits per heavy atom. The number of rotatable bonds is 8. The lowest BCUT2D eigenvalue weighted by molar-refractivity contribution is 0.410. The summed E-state index contributed by atoms with van der Waals surface area (Å²) in [5, 5.41) is 4.30. The SMILES string of the molecule is COc1ccc(CNCCCCCBr)c(F)c1. The Balaban J connectivity index is 2.27.